The van der Waals surface area contributed by atoms with E-state index in [-0.39, 0.29) is 30.9 Å². The Morgan fingerprint density at radius 3 is 2.64 bits per heavy atom. The molecule has 0 aliphatic carbocycles. The van der Waals surface area contributed by atoms with Crippen LogP contribution in [-0.2, 0) is 16.1 Å². The van der Waals surface area contributed by atoms with E-state index in [1.165, 1.54) is 0 Å². The van der Waals surface area contributed by atoms with Gasteiger partial charge in [0.15, 0.2) is 0 Å². The summed E-state index contributed by atoms with van der Waals surface area (Å²) in [5.41, 5.74) is 2.20. The monoisotopic (exact) mass is 337 g/mol. The van der Waals surface area contributed by atoms with E-state index in [0.717, 1.165) is 11.4 Å². The maximum absolute atomic E-state index is 12.6. The number of anilines is 1. The number of benzene rings is 1. The number of hydrogen-bond donors (Lipinski definition) is 0. The van der Waals surface area contributed by atoms with Gasteiger partial charge in [0.2, 0.25) is 11.8 Å². The van der Waals surface area contributed by atoms with E-state index >= 15 is 0 Å². The van der Waals surface area contributed by atoms with Gasteiger partial charge in [-0.3, -0.25) is 14.3 Å². The summed E-state index contributed by atoms with van der Waals surface area (Å²) in [7, 11) is 0. The van der Waals surface area contributed by atoms with E-state index in [9.17, 15) is 9.59 Å². The molecule has 1 atom stereocenters. The largest absolute Gasteiger partial charge is 0.327 e. The maximum atomic E-state index is 12.6. The summed E-state index contributed by atoms with van der Waals surface area (Å²) in [5.74, 6) is -0.250. The lowest BCUT2D eigenvalue weighted by Crippen LogP contribution is -2.57. The van der Waals surface area contributed by atoms with Gasteiger partial charge in [-0.25, -0.2) is 0 Å². The van der Waals surface area contributed by atoms with E-state index in [4.69, 9.17) is 5.26 Å². The number of carbonyl (C=O) groups excluding carboxylic acids is 2. The van der Waals surface area contributed by atoms with Gasteiger partial charge in [0.1, 0.15) is 13.1 Å². The van der Waals surface area contributed by atoms with Crippen LogP contribution in [0.5, 0.6) is 0 Å². The second-order valence-corrected chi connectivity index (χ2v) is 6.16. The number of piperazine rings is 1. The number of hydrogen-bond acceptors (Lipinski definition) is 4. The minimum atomic E-state index is -0.131. The quantitative estimate of drug-likeness (QED) is 0.846. The van der Waals surface area contributed by atoms with Gasteiger partial charge in [-0.1, -0.05) is 0 Å². The van der Waals surface area contributed by atoms with Crippen molar-refractivity contribution >= 4 is 17.5 Å². The number of amides is 2. The molecule has 25 heavy (non-hydrogen) atoms. The third kappa shape index (κ3) is 3.38. The maximum Gasteiger partial charge on any atom is 0.246 e. The first kappa shape index (κ1) is 16.7. The minimum Gasteiger partial charge on any atom is -0.327 e. The SMILES string of the molecule is Cc1ccnn1CC(=O)N1CC(=O)N(c2ccc(C#N)cc2)C[C@@H]1C. The molecule has 1 saturated heterocycles. The van der Waals surface area contributed by atoms with Gasteiger partial charge in [-0.15, -0.1) is 0 Å². The summed E-state index contributed by atoms with van der Waals surface area (Å²) in [6.07, 6.45) is 1.65. The molecular weight excluding hydrogens is 318 g/mol. The highest BCUT2D eigenvalue weighted by atomic mass is 16.2. The van der Waals surface area contributed by atoms with Crippen molar-refractivity contribution < 1.29 is 9.59 Å². The first-order valence-electron chi connectivity index (χ1n) is 8.08. The molecule has 1 fully saturated rings. The molecule has 0 N–H and O–H groups in total. The van der Waals surface area contributed by atoms with Gasteiger partial charge >= 0.3 is 0 Å². The Morgan fingerprint density at radius 1 is 1.32 bits per heavy atom. The summed E-state index contributed by atoms with van der Waals surface area (Å²) < 4.78 is 1.63. The van der Waals surface area contributed by atoms with Crippen molar-refractivity contribution in [2.24, 2.45) is 0 Å². The van der Waals surface area contributed by atoms with Crippen molar-refractivity contribution in [2.45, 2.75) is 26.4 Å². The zero-order chi connectivity index (χ0) is 18.0. The van der Waals surface area contributed by atoms with Crippen molar-refractivity contribution in [2.75, 3.05) is 18.0 Å². The fourth-order valence-electron chi connectivity index (χ4n) is 2.93. The molecule has 128 valence electrons. The number of aromatic nitrogens is 2. The summed E-state index contributed by atoms with van der Waals surface area (Å²) >= 11 is 0. The molecule has 0 unspecified atom stereocenters. The molecule has 0 saturated carbocycles. The predicted octanol–water partition coefficient (Wildman–Crippen LogP) is 1.33. The van der Waals surface area contributed by atoms with E-state index < -0.39 is 0 Å². The number of aryl methyl sites for hydroxylation is 1. The van der Waals surface area contributed by atoms with Crippen molar-refractivity contribution in [3.05, 3.63) is 47.8 Å². The Bertz CT molecular complexity index is 834. The molecule has 7 nitrogen and oxygen atoms in total. The fraction of sp³-hybridized carbons (Fsp3) is 0.333. The van der Waals surface area contributed by atoms with Crippen molar-refractivity contribution in [3.8, 4) is 6.07 Å². The van der Waals surface area contributed by atoms with Gasteiger partial charge in [0.25, 0.3) is 0 Å². The second kappa shape index (κ2) is 6.77. The first-order chi connectivity index (χ1) is 12.0. The Morgan fingerprint density at radius 2 is 2.04 bits per heavy atom. The standard InChI is InChI=1S/C18H19N5O2/c1-13-7-8-20-23(13)12-18(25)21-11-17(24)22(10-14(21)2)16-5-3-15(9-19)4-6-16/h3-8,14H,10-12H2,1-2H3/t14-/m0/s1. The lowest BCUT2D eigenvalue weighted by molar-refractivity contribution is -0.140. The average Bonchev–Trinajstić information content (AvgIpc) is 3.01. The minimum absolute atomic E-state index is 0.0420. The molecule has 1 aromatic heterocycles. The highest BCUT2D eigenvalue weighted by molar-refractivity contribution is 5.98. The molecule has 0 radical (unpaired) electrons. The van der Waals surface area contributed by atoms with E-state index in [1.54, 1.807) is 44.9 Å². The number of carbonyl (C=O) groups is 2. The van der Waals surface area contributed by atoms with Crippen LogP contribution in [0.15, 0.2) is 36.5 Å². The Labute approximate surface area is 146 Å². The molecule has 0 spiro atoms. The molecule has 1 aliphatic rings. The molecule has 2 heterocycles. The molecule has 1 aliphatic heterocycles. The van der Waals surface area contributed by atoms with Gasteiger partial charge in [-0.2, -0.15) is 10.4 Å². The van der Waals surface area contributed by atoms with Gasteiger partial charge in [0.05, 0.1) is 11.6 Å². The topological polar surface area (TPSA) is 82.2 Å². The van der Waals surface area contributed by atoms with E-state index in [0.29, 0.717) is 12.1 Å². The van der Waals surface area contributed by atoms with Crippen molar-refractivity contribution in [1.82, 2.24) is 14.7 Å². The molecule has 1 aromatic carbocycles. The van der Waals surface area contributed by atoms with Gasteiger partial charge in [-0.05, 0) is 44.2 Å². The Hall–Kier alpha value is -3.14. The lowest BCUT2D eigenvalue weighted by Gasteiger charge is -2.39. The van der Waals surface area contributed by atoms with Crippen LogP contribution in [0.2, 0.25) is 0 Å². The van der Waals surface area contributed by atoms with E-state index in [2.05, 4.69) is 11.2 Å². The number of nitriles is 1. The van der Waals surface area contributed by atoms with Crippen LogP contribution in [0.25, 0.3) is 0 Å². The van der Waals surface area contributed by atoms with Crippen LogP contribution >= 0.6 is 0 Å². The fourth-order valence-corrected chi connectivity index (χ4v) is 2.93. The predicted molar refractivity (Wildman–Crippen MR) is 91.6 cm³/mol. The Kier molecular flexibility index (Phi) is 4.52. The van der Waals surface area contributed by atoms with Crippen LogP contribution in [0, 0.1) is 18.3 Å². The average molecular weight is 337 g/mol. The number of rotatable bonds is 3. The Balaban J connectivity index is 1.71. The summed E-state index contributed by atoms with van der Waals surface area (Å²) in [5, 5.41) is 13.0. The highest BCUT2D eigenvalue weighted by Crippen LogP contribution is 2.21. The second-order valence-electron chi connectivity index (χ2n) is 6.16. The summed E-state index contributed by atoms with van der Waals surface area (Å²) in [4.78, 5) is 28.3. The number of nitrogens with zero attached hydrogens (tertiary/aromatic N) is 5. The van der Waals surface area contributed by atoms with Gasteiger partial charge < -0.3 is 9.80 Å². The van der Waals surface area contributed by atoms with Crippen molar-refractivity contribution in [1.29, 1.82) is 5.26 Å². The highest BCUT2D eigenvalue weighted by Gasteiger charge is 2.33. The summed E-state index contributed by atoms with van der Waals surface area (Å²) in [6, 6.07) is 10.7. The molecule has 2 amide bonds. The molecular formula is C18H19N5O2. The van der Waals surface area contributed by atoms with Crippen molar-refractivity contribution in [3.63, 3.8) is 0 Å². The third-order valence-corrected chi connectivity index (χ3v) is 4.43. The van der Waals surface area contributed by atoms with Crippen LogP contribution in [0.3, 0.4) is 0 Å². The van der Waals surface area contributed by atoms with Crippen LogP contribution in [0.1, 0.15) is 18.2 Å². The smallest absolute Gasteiger partial charge is 0.246 e. The zero-order valence-electron chi connectivity index (χ0n) is 14.2. The van der Waals surface area contributed by atoms with Crippen LogP contribution in [-0.4, -0.2) is 45.6 Å². The van der Waals surface area contributed by atoms with Gasteiger partial charge in [0, 0.05) is 30.2 Å². The third-order valence-electron chi connectivity index (χ3n) is 4.43. The first-order valence-corrected chi connectivity index (χ1v) is 8.08. The van der Waals surface area contributed by atoms with Crippen LogP contribution in [0.4, 0.5) is 5.69 Å². The zero-order valence-corrected chi connectivity index (χ0v) is 14.2. The van der Waals surface area contributed by atoms with Crippen LogP contribution < -0.4 is 4.90 Å². The molecule has 3 rings (SSSR count). The lowest BCUT2D eigenvalue weighted by atomic mass is 10.1. The molecule has 2 aromatic rings. The normalized spacial score (nSPS) is 17.5. The van der Waals surface area contributed by atoms with E-state index in [1.807, 2.05) is 19.9 Å². The molecule has 0 bridgehead atoms. The summed E-state index contributed by atoms with van der Waals surface area (Å²) in [6.45, 7) is 4.41. The molecule has 7 heteroatoms.